The Balaban J connectivity index is 2.14. The van der Waals surface area contributed by atoms with Crippen LogP contribution in [0.3, 0.4) is 0 Å². The van der Waals surface area contributed by atoms with E-state index in [2.05, 4.69) is 12.2 Å². The minimum Gasteiger partial charge on any atom is -0.508 e. The zero-order chi connectivity index (χ0) is 11.0. The van der Waals surface area contributed by atoms with Crippen molar-refractivity contribution in [2.45, 2.75) is 19.4 Å². The second kappa shape index (κ2) is 3.74. The molecule has 1 amide bonds. The van der Waals surface area contributed by atoms with Crippen LogP contribution < -0.4 is 5.32 Å². The molecule has 4 heteroatoms. The molecule has 15 heavy (non-hydrogen) atoms. The van der Waals surface area contributed by atoms with Gasteiger partial charge in [0, 0.05) is 6.04 Å². The Hall–Kier alpha value is -1.22. The van der Waals surface area contributed by atoms with Crippen LogP contribution in [-0.4, -0.2) is 17.1 Å². The number of hydrogen-bond donors (Lipinski definition) is 2. The number of hydrogen-bond acceptors (Lipinski definition) is 2. The van der Waals surface area contributed by atoms with Gasteiger partial charge in [-0.05, 0) is 30.5 Å². The van der Waals surface area contributed by atoms with Crippen LogP contribution >= 0.6 is 11.6 Å². The fourth-order valence-corrected chi connectivity index (χ4v) is 1.66. The standard InChI is InChI=1S/C11H12ClNO2/c1-6-4-10(6)13-11(15)8-5-7(14)2-3-9(8)12/h2-3,5-6,10,14H,4H2,1H3,(H,13,15). The molecule has 2 unspecified atom stereocenters. The van der Waals surface area contributed by atoms with Crippen molar-refractivity contribution in [1.29, 1.82) is 0 Å². The fourth-order valence-electron chi connectivity index (χ4n) is 1.46. The number of carbonyl (C=O) groups is 1. The predicted octanol–water partition coefficient (Wildman–Crippen LogP) is 2.18. The highest BCUT2D eigenvalue weighted by Crippen LogP contribution is 2.30. The highest BCUT2D eigenvalue weighted by atomic mass is 35.5. The smallest absolute Gasteiger partial charge is 0.253 e. The molecule has 80 valence electrons. The van der Waals surface area contributed by atoms with Gasteiger partial charge in [0.2, 0.25) is 0 Å². The number of aromatic hydroxyl groups is 1. The maximum atomic E-state index is 11.7. The third kappa shape index (κ3) is 2.23. The normalized spacial score (nSPS) is 23.6. The van der Waals surface area contributed by atoms with E-state index in [-0.39, 0.29) is 17.7 Å². The van der Waals surface area contributed by atoms with E-state index >= 15 is 0 Å². The van der Waals surface area contributed by atoms with Gasteiger partial charge in [0.05, 0.1) is 10.6 Å². The Labute approximate surface area is 93.1 Å². The van der Waals surface area contributed by atoms with Crippen LogP contribution in [0.5, 0.6) is 5.75 Å². The molecule has 2 N–H and O–H groups in total. The van der Waals surface area contributed by atoms with E-state index in [0.29, 0.717) is 16.5 Å². The molecule has 1 fully saturated rings. The molecule has 1 saturated carbocycles. The van der Waals surface area contributed by atoms with Crippen LogP contribution in [0.15, 0.2) is 18.2 Å². The highest BCUT2D eigenvalue weighted by molar-refractivity contribution is 6.33. The van der Waals surface area contributed by atoms with E-state index in [1.165, 1.54) is 18.2 Å². The molecule has 2 rings (SSSR count). The molecule has 0 aromatic heterocycles. The van der Waals surface area contributed by atoms with Crippen molar-refractivity contribution in [2.24, 2.45) is 5.92 Å². The zero-order valence-corrected chi connectivity index (χ0v) is 9.08. The second-order valence-electron chi connectivity index (χ2n) is 3.96. The molecule has 1 aliphatic rings. The van der Waals surface area contributed by atoms with Gasteiger partial charge in [0.25, 0.3) is 5.91 Å². The van der Waals surface area contributed by atoms with E-state index < -0.39 is 0 Å². The second-order valence-corrected chi connectivity index (χ2v) is 4.36. The number of nitrogens with one attached hydrogen (secondary N) is 1. The molecular weight excluding hydrogens is 214 g/mol. The van der Waals surface area contributed by atoms with Crippen molar-refractivity contribution in [2.75, 3.05) is 0 Å². The van der Waals surface area contributed by atoms with E-state index in [1.807, 2.05) is 0 Å². The molecule has 0 heterocycles. The minimum atomic E-state index is -0.217. The van der Waals surface area contributed by atoms with Crippen molar-refractivity contribution in [3.8, 4) is 5.75 Å². The predicted molar refractivity (Wildman–Crippen MR) is 58.2 cm³/mol. The first-order valence-electron chi connectivity index (χ1n) is 4.87. The number of rotatable bonds is 2. The fraction of sp³-hybridized carbons (Fsp3) is 0.364. The van der Waals surface area contributed by atoms with Gasteiger partial charge < -0.3 is 10.4 Å². The van der Waals surface area contributed by atoms with Gasteiger partial charge >= 0.3 is 0 Å². The first-order valence-corrected chi connectivity index (χ1v) is 5.25. The van der Waals surface area contributed by atoms with Gasteiger partial charge in [-0.3, -0.25) is 4.79 Å². The van der Waals surface area contributed by atoms with Crippen LogP contribution in [0, 0.1) is 5.92 Å². The molecular formula is C11H12ClNO2. The van der Waals surface area contributed by atoms with Crippen molar-refractivity contribution < 1.29 is 9.90 Å². The number of phenolic OH excluding ortho intramolecular Hbond substituents is 1. The van der Waals surface area contributed by atoms with Gasteiger partial charge in [-0.25, -0.2) is 0 Å². The van der Waals surface area contributed by atoms with Crippen LogP contribution in [0.25, 0.3) is 0 Å². The Morgan fingerprint density at radius 3 is 2.87 bits per heavy atom. The van der Waals surface area contributed by atoms with E-state index in [0.717, 1.165) is 6.42 Å². The lowest BCUT2D eigenvalue weighted by atomic mass is 10.2. The summed E-state index contributed by atoms with van der Waals surface area (Å²) < 4.78 is 0. The first-order chi connectivity index (χ1) is 7.08. The van der Waals surface area contributed by atoms with Crippen molar-refractivity contribution in [3.05, 3.63) is 28.8 Å². The summed E-state index contributed by atoms with van der Waals surface area (Å²) >= 11 is 5.86. The van der Waals surface area contributed by atoms with Crippen molar-refractivity contribution >= 4 is 17.5 Å². The molecule has 0 spiro atoms. The topological polar surface area (TPSA) is 49.3 Å². The average molecular weight is 226 g/mol. The number of amides is 1. The summed E-state index contributed by atoms with van der Waals surface area (Å²) in [5.74, 6) is 0.378. The summed E-state index contributed by atoms with van der Waals surface area (Å²) in [6.07, 6.45) is 1.02. The average Bonchev–Trinajstić information content (AvgIpc) is 2.86. The maximum Gasteiger partial charge on any atom is 0.253 e. The molecule has 0 radical (unpaired) electrons. The number of phenols is 1. The molecule has 2 atom stereocenters. The lowest BCUT2D eigenvalue weighted by Crippen LogP contribution is -2.26. The third-order valence-electron chi connectivity index (χ3n) is 2.62. The summed E-state index contributed by atoms with van der Waals surface area (Å²) in [5, 5.41) is 12.5. The largest absolute Gasteiger partial charge is 0.508 e. The summed E-state index contributed by atoms with van der Waals surface area (Å²) in [5.41, 5.74) is 0.329. The molecule has 1 aromatic carbocycles. The van der Waals surface area contributed by atoms with Crippen LogP contribution in [-0.2, 0) is 0 Å². The zero-order valence-electron chi connectivity index (χ0n) is 8.33. The molecule has 0 aliphatic heterocycles. The Bertz CT molecular complexity index is 406. The first kappa shape index (κ1) is 10.3. The quantitative estimate of drug-likeness (QED) is 0.811. The molecule has 0 saturated heterocycles. The van der Waals surface area contributed by atoms with E-state index in [9.17, 15) is 9.90 Å². The van der Waals surface area contributed by atoms with E-state index in [4.69, 9.17) is 11.6 Å². The Kier molecular flexibility index (Phi) is 2.57. The summed E-state index contributed by atoms with van der Waals surface area (Å²) in [6, 6.07) is 4.61. The maximum absolute atomic E-state index is 11.7. The van der Waals surface area contributed by atoms with Crippen LogP contribution in [0.1, 0.15) is 23.7 Å². The molecule has 3 nitrogen and oxygen atoms in total. The number of halogens is 1. The van der Waals surface area contributed by atoms with Crippen molar-refractivity contribution in [1.82, 2.24) is 5.32 Å². The molecule has 1 aromatic rings. The summed E-state index contributed by atoms with van der Waals surface area (Å²) in [6.45, 7) is 2.08. The SMILES string of the molecule is CC1CC1NC(=O)c1cc(O)ccc1Cl. The lowest BCUT2D eigenvalue weighted by molar-refractivity contribution is 0.0949. The van der Waals surface area contributed by atoms with Crippen LogP contribution in [0.4, 0.5) is 0 Å². The lowest BCUT2D eigenvalue weighted by Gasteiger charge is -2.06. The number of carbonyl (C=O) groups excluding carboxylic acids is 1. The minimum absolute atomic E-state index is 0.0494. The Morgan fingerprint density at radius 1 is 1.60 bits per heavy atom. The summed E-state index contributed by atoms with van der Waals surface area (Å²) in [4.78, 5) is 11.7. The van der Waals surface area contributed by atoms with Crippen LogP contribution in [0.2, 0.25) is 5.02 Å². The van der Waals surface area contributed by atoms with E-state index in [1.54, 1.807) is 0 Å². The van der Waals surface area contributed by atoms with Crippen molar-refractivity contribution in [3.63, 3.8) is 0 Å². The van der Waals surface area contributed by atoms with Gasteiger partial charge in [0.15, 0.2) is 0 Å². The third-order valence-corrected chi connectivity index (χ3v) is 2.95. The van der Waals surface area contributed by atoms with Gasteiger partial charge in [-0.2, -0.15) is 0 Å². The molecule has 1 aliphatic carbocycles. The van der Waals surface area contributed by atoms with Gasteiger partial charge in [-0.15, -0.1) is 0 Å². The van der Waals surface area contributed by atoms with Gasteiger partial charge in [0.1, 0.15) is 5.75 Å². The molecule has 0 bridgehead atoms. The number of benzene rings is 1. The highest BCUT2D eigenvalue weighted by Gasteiger charge is 2.34. The summed E-state index contributed by atoms with van der Waals surface area (Å²) in [7, 11) is 0. The van der Waals surface area contributed by atoms with Gasteiger partial charge in [-0.1, -0.05) is 18.5 Å². The Morgan fingerprint density at radius 2 is 2.27 bits per heavy atom. The monoisotopic (exact) mass is 225 g/mol.